The van der Waals surface area contributed by atoms with Crippen molar-refractivity contribution < 1.29 is 19.5 Å². The second-order valence-electron chi connectivity index (χ2n) is 5.62. The van der Waals surface area contributed by atoms with E-state index in [4.69, 9.17) is 17.3 Å². The molecule has 0 bridgehead atoms. The Kier molecular flexibility index (Phi) is 4.29. The Morgan fingerprint density at radius 2 is 2.00 bits per heavy atom. The first-order valence-corrected chi connectivity index (χ1v) is 7.87. The molecule has 2 heterocycles. The number of benzene rings is 1. The highest BCUT2D eigenvalue weighted by Gasteiger charge is 2.56. The van der Waals surface area contributed by atoms with Crippen molar-refractivity contribution in [3.05, 3.63) is 41.1 Å². The van der Waals surface area contributed by atoms with Gasteiger partial charge in [-0.05, 0) is 25.0 Å². The largest absolute Gasteiger partial charge is 0.477 e. The SMILES string of the molecule is NCC(=O)N(c1ccccc1)[C@H]1C(=O)N2C(C(=O)O)=C(Cl)CC[C@H]12. The molecular formula is C16H16ClN3O4. The summed E-state index contributed by atoms with van der Waals surface area (Å²) in [7, 11) is 0. The molecule has 7 nitrogen and oxygen atoms in total. The quantitative estimate of drug-likeness (QED) is 0.785. The maximum Gasteiger partial charge on any atom is 0.353 e. The van der Waals surface area contributed by atoms with Gasteiger partial charge in [-0.15, -0.1) is 0 Å². The van der Waals surface area contributed by atoms with Gasteiger partial charge in [0.15, 0.2) is 0 Å². The zero-order valence-corrected chi connectivity index (χ0v) is 13.4. The van der Waals surface area contributed by atoms with E-state index in [1.165, 1.54) is 9.80 Å². The summed E-state index contributed by atoms with van der Waals surface area (Å²) in [6.07, 6.45) is 0.848. The van der Waals surface area contributed by atoms with Crippen LogP contribution in [0.15, 0.2) is 41.1 Å². The van der Waals surface area contributed by atoms with Crippen molar-refractivity contribution in [2.45, 2.75) is 24.9 Å². The van der Waals surface area contributed by atoms with Crippen LogP contribution in [0.5, 0.6) is 0 Å². The van der Waals surface area contributed by atoms with Crippen LogP contribution in [0.25, 0.3) is 0 Å². The third-order valence-corrected chi connectivity index (χ3v) is 4.67. The number of aliphatic carboxylic acids is 1. The normalized spacial score (nSPS) is 22.8. The summed E-state index contributed by atoms with van der Waals surface area (Å²) in [6, 6.07) is 7.57. The molecule has 0 unspecified atom stereocenters. The van der Waals surface area contributed by atoms with Gasteiger partial charge in [-0.2, -0.15) is 0 Å². The number of halogens is 1. The van der Waals surface area contributed by atoms with Gasteiger partial charge in [-0.1, -0.05) is 29.8 Å². The average Bonchev–Trinajstić information content (AvgIpc) is 2.59. The van der Waals surface area contributed by atoms with Crippen LogP contribution in [0.1, 0.15) is 12.8 Å². The molecule has 0 radical (unpaired) electrons. The number of anilines is 1. The molecule has 0 saturated carbocycles. The van der Waals surface area contributed by atoms with E-state index in [2.05, 4.69) is 0 Å². The predicted octanol–water partition coefficient (Wildman–Crippen LogP) is 0.886. The molecule has 1 saturated heterocycles. The third kappa shape index (κ3) is 2.46. The van der Waals surface area contributed by atoms with E-state index in [9.17, 15) is 19.5 Å². The summed E-state index contributed by atoms with van der Waals surface area (Å²) in [6.45, 7) is -0.242. The highest BCUT2D eigenvalue weighted by Crippen LogP contribution is 2.41. The van der Waals surface area contributed by atoms with E-state index >= 15 is 0 Å². The van der Waals surface area contributed by atoms with Crippen LogP contribution in [0.4, 0.5) is 5.69 Å². The van der Waals surface area contributed by atoms with Gasteiger partial charge in [0.1, 0.15) is 11.7 Å². The summed E-state index contributed by atoms with van der Waals surface area (Å²) in [5, 5.41) is 9.46. The van der Waals surface area contributed by atoms with Gasteiger partial charge in [0.05, 0.1) is 12.6 Å². The van der Waals surface area contributed by atoms with Crippen LogP contribution in [0.2, 0.25) is 0 Å². The van der Waals surface area contributed by atoms with Crippen LogP contribution in [0.3, 0.4) is 0 Å². The minimum Gasteiger partial charge on any atom is -0.477 e. The molecule has 3 N–H and O–H groups in total. The van der Waals surface area contributed by atoms with Gasteiger partial charge in [-0.3, -0.25) is 19.4 Å². The molecule has 2 amide bonds. The van der Waals surface area contributed by atoms with Crippen LogP contribution >= 0.6 is 11.6 Å². The number of rotatable bonds is 4. The molecule has 0 spiro atoms. The number of hydrogen-bond donors (Lipinski definition) is 2. The van der Waals surface area contributed by atoms with Crippen molar-refractivity contribution in [2.24, 2.45) is 5.73 Å². The summed E-state index contributed by atoms with van der Waals surface area (Å²) in [4.78, 5) is 38.9. The van der Waals surface area contributed by atoms with Crippen LogP contribution in [-0.2, 0) is 14.4 Å². The number of carbonyl (C=O) groups excluding carboxylic acids is 2. The number of fused-ring (bicyclic) bond motifs is 1. The number of carboxylic acids is 1. The van der Waals surface area contributed by atoms with Gasteiger partial charge >= 0.3 is 5.97 Å². The second-order valence-corrected chi connectivity index (χ2v) is 6.08. The van der Waals surface area contributed by atoms with E-state index in [0.717, 1.165) is 0 Å². The molecule has 1 aromatic carbocycles. The first kappa shape index (κ1) is 16.5. The van der Waals surface area contributed by atoms with Crippen molar-refractivity contribution in [2.75, 3.05) is 11.4 Å². The smallest absolute Gasteiger partial charge is 0.353 e. The van der Waals surface area contributed by atoms with E-state index in [0.29, 0.717) is 18.5 Å². The fourth-order valence-electron chi connectivity index (χ4n) is 3.26. The van der Waals surface area contributed by atoms with Crippen molar-refractivity contribution in [3.8, 4) is 0 Å². The highest BCUT2D eigenvalue weighted by molar-refractivity contribution is 6.32. The van der Waals surface area contributed by atoms with Crippen molar-refractivity contribution in [1.82, 2.24) is 4.90 Å². The lowest BCUT2D eigenvalue weighted by Crippen LogP contribution is -2.73. The Morgan fingerprint density at radius 1 is 1.33 bits per heavy atom. The Labute approximate surface area is 143 Å². The number of amides is 2. The number of β-lactam (4-membered cyclic amide) rings is 1. The molecule has 0 aliphatic carbocycles. The molecule has 0 aromatic heterocycles. The Bertz CT molecular complexity index is 734. The van der Waals surface area contributed by atoms with Crippen molar-refractivity contribution in [3.63, 3.8) is 0 Å². The monoisotopic (exact) mass is 349 g/mol. The lowest BCUT2D eigenvalue weighted by atomic mass is 9.85. The first-order chi connectivity index (χ1) is 11.5. The first-order valence-electron chi connectivity index (χ1n) is 7.49. The zero-order valence-electron chi connectivity index (χ0n) is 12.7. The molecule has 8 heteroatoms. The van der Waals surface area contributed by atoms with E-state index in [-0.39, 0.29) is 17.3 Å². The van der Waals surface area contributed by atoms with Crippen LogP contribution < -0.4 is 10.6 Å². The van der Waals surface area contributed by atoms with Gasteiger partial charge in [0.25, 0.3) is 5.91 Å². The summed E-state index contributed by atoms with van der Waals surface area (Å²) in [5.41, 5.74) is 5.86. The molecule has 1 fully saturated rings. The summed E-state index contributed by atoms with van der Waals surface area (Å²) >= 11 is 5.98. The van der Waals surface area contributed by atoms with Gasteiger partial charge in [-0.25, -0.2) is 4.79 Å². The molecule has 1 aromatic rings. The predicted molar refractivity (Wildman–Crippen MR) is 87.2 cm³/mol. The lowest BCUT2D eigenvalue weighted by Gasteiger charge is -2.53. The van der Waals surface area contributed by atoms with E-state index < -0.39 is 29.9 Å². The van der Waals surface area contributed by atoms with E-state index in [1.807, 2.05) is 0 Å². The number of hydrogen-bond acceptors (Lipinski definition) is 4. The maximum atomic E-state index is 12.6. The topological polar surface area (TPSA) is 104 Å². The Hall–Kier alpha value is -2.38. The van der Waals surface area contributed by atoms with Gasteiger partial charge < -0.3 is 10.8 Å². The number of nitrogens with two attached hydrogens (primary N) is 1. The molecule has 2 aliphatic heterocycles. The molecule has 2 aliphatic rings. The maximum absolute atomic E-state index is 12.6. The second kappa shape index (κ2) is 6.26. The number of carbonyl (C=O) groups is 3. The van der Waals surface area contributed by atoms with Gasteiger partial charge in [0, 0.05) is 10.7 Å². The Morgan fingerprint density at radius 3 is 2.58 bits per heavy atom. The van der Waals surface area contributed by atoms with Crippen molar-refractivity contribution in [1.29, 1.82) is 0 Å². The number of para-hydroxylation sites is 1. The van der Waals surface area contributed by atoms with Gasteiger partial charge in [0.2, 0.25) is 5.91 Å². The number of carboxylic acid groups (broad SMARTS) is 1. The number of nitrogens with zero attached hydrogens (tertiary/aromatic N) is 2. The van der Waals surface area contributed by atoms with E-state index in [1.54, 1.807) is 30.3 Å². The Balaban J connectivity index is 1.97. The summed E-state index contributed by atoms with van der Waals surface area (Å²) < 4.78 is 0. The highest BCUT2D eigenvalue weighted by atomic mass is 35.5. The van der Waals surface area contributed by atoms with Crippen LogP contribution in [-0.4, -0.2) is 46.4 Å². The lowest BCUT2D eigenvalue weighted by molar-refractivity contribution is -0.153. The average molecular weight is 350 g/mol. The standard InChI is InChI=1S/C16H16ClN3O4/c17-10-6-7-11-14(15(22)20(11)13(10)16(23)24)19(12(21)8-18)9-4-2-1-3-5-9/h1-5,11,14H,6-8,18H2,(H,23,24)/t11-,14-/m1/s1. The van der Waals surface area contributed by atoms with Crippen molar-refractivity contribution >= 4 is 35.1 Å². The molecule has 2 atom stereocenters. The number of allylic oxidation sites excluding steroid dienone is 1. The summed E-state index contributed by atoms with van der Waals surface area (Å²) in [5.74, 6) is -2.09. The molecule has 126 valence electrons. The molecule has 24 heavy (non-hydrogen) atoms. The molecule has 3 rings (SSSR count). The van der Waals surface area contributed by atoms with Crippen LogP contribution in [0, 0.1) is 0 Å². The minimum atomic E-state index is -1.24. The molecular weight excluding hydrogens is 334 g/mol. The fourth-order valence-corrected chi connectivity index (χ4v) is 3.55. The fraction of sp³-hybridized carbons (Fsp3) is 0.312. The zero-order chi connectivity index (χ0) is 17.4. The minimum absolute atomic E-state index is 0.155. The third-order valence-electron chi connectivity index (χ3n) is 4.30.